The SMILES string of the molecule is CN(c1ccc(C(N)=O)c2[nH]c(C3CCS(=O)(=O)CC3)cc12)C1CNC1.Cl. The molecule has 4 rings (SSSR count). The van der Waals surface area contributed by atoms with Crippen LogP contribution in [0.3, 0.4) is 0 Å². The highest BCUT2D eigenvalue weighted by Crippen LogP contribution is 2.36. The minimum atomic E-state index is -2.91. The first-order valence-electron chi connectivity index (χ1n) is 8.95. The van der Waals surface area contributed by atoms with Crippen molar-refractivity contribution in [3.05, 3.63) is 29.5 Å². The summed E-state index contributed by atoms with van der Waals surface area (Å²) in [5.74, 6) is 0.135. The zero-order chi connectivity index (χ0) is 18.5. The molecule has 0 bridgehead atoms. The number of nitrogens with zero attached hydrogens (tertiary/aromatic N) is 1. The van der Waals surface area contributed by atoms with Gasteiger partial charge in [0.2, 0.25) is 0 Å². The number of hydrogen-bond donors (Lipinski definition) is 3. The molecule has 2 aliphatic rings. The van der Waals surface area contributed by atoms with Gasteiger partial charge in [-0.25, -0.2) is 8.42 Å². The summed E-state index contributed by atoms with van der Waals surface area (Å²) in [6.45, 7) is 1.88. The molecule has 148 valence electrons. The van der Waals surface area contributed by atoms with Crippen LogP contribution in [-0.4, -0.2) is 57.0 Å². The molecule has 0 atom stereocenters. The third-order valence-corrected chi connectivity index (χ3v) is 7.45. The Hall–Kier alpha value is -1.77. The molecule has 0 radical (unpaired) electrons. The zero-order valence-electron chi connectivity index (χ0n) is 15.2. The number of carbonyl (C=O) groups excluding carboxylic acids is 1. The third-order valence-electron chi connectivity index (χ3n) is 5.74. The molecule has 2 saturated heterocycles. The second-order valence-electron chi connectivity index (χ2n) is 7.36. The molecule has 1 aromatic heterocycles. The van der Waals surface area contributed by atoms with Gasteiger partial charge in [-0.05, 0) is 31.0 Å². The van der Waals surface area contributed by atoms with Gasteiger partial charge in [-0.2, -0.15) is 0 Å². The van der Waals surface area contributed by atoms with Gasteiger partial charge in [0.25, 0.3) is 5.91 Å². The third kappa shape index (κ3) is 3.66. The number of aromatic amines is 1. The summed E-state index contributed by atoms with van der Waals surface area (Å²) in [6.07, 6.45) is 1.22. The number of hydrogen-bond acceptors (Lipinski definition) is 5. The summed E-state index contributed by atoms with van der Waals surface area (Å²) >= 11 is 0. The van der Waals surface area contributed by atoms with Gasteiger partial charge in [0.1, 0.15) is 9.84 Å². The maximum atomic E-state index is 11.9. The van der Waals surface area contributed by atoms with E-state index >= 15 is 0 Å². The molecule has 2 aliphatic heterocycles. The number of nitrogens with one attached hydrogen (secondary N) is 2. The number of sulfone groups is 1. The summed E-state index contributed by atoms with van der Waals surface area (Å²) in [6, 6.07) is 6.22. The molecule has 0 aliphatic carbocycles. The van der Waals surface area contributed by atoms with Crippen LogP contribution in [0.2, 0.25) is 0 Å². The second-order valence-corrected chi connectivity index (χ2v) is 9.66. The number of fused-ring (bicyclic) bond motifs is 1. The van der Waals surface area contributed by atoms with Crippen molar-refractivity contribution < 1.29 is 13.2 Å². The summed E-state index contributed by atoms with van der Waals surface area (Å²) in [7, 11) is -0.848. The van der Waals surface area contributed by atoms with E-state index in [1.54, 1.807) is 6.07 Å². The molecule has 2 aromatic rings. The van der Waals surface area contributed by atoms with Crippen LogP contribution in [0.15, 0.2) is 18.2 Å². The maximum absolute atomic E-state index is 11.9. The molecule has 1 amide bonds. The first-order valence-corrected chi connectivity index (χ1v) is 10.8. The van der Waals surface area contributed by atoms with Gasteiger partial charge >= 0.3 is 0 Å². The summed E-state index contributed by atoms with van der Waals surface area (Å²) in [4.78, 5) is 17.5. The number of H-pyrrole nitrogens is 1. The number of halogens is 1. The normalized spacial score (nSPS) is 20.0. The Balaban J connectivity index is 0.00000210. The Morgan fingerprint density at radius 1 is 1.22 bits per heavy atom. The highest BCUT2D eigenvalue weighted by Gasteiger charge is 2.28. The number of anilines is 1. The number of nitrogens with two attached hydrogens (primary N) is 1. The van der Waals surface area contributed by atoms with Crippen LogP contribution in [-0.2, 0) is 9.84 Å². The Morgan fingerprint density at radius 2 is 1.89 bits per heavy atom. The molecule has 27 heavy (non-hydrogen) atoms. The molecule has 7 nitrogen and oxygen atoms in total. The van der Waals surface area contributed by atoms with Crippen LogP contribution in [0.4, 0.5) is 5.69 Å². The van der Waals surface area contributed by atoms with Crippen LogP contribution in [0.1, 0.15) is 34.8 Å². The van der Waals surface area contributed by atoms with E-state index in [9.17, 15) is 13.2 Å². The van der Waals surface area contributed by atoms with Crippen molar-refractivity contribution in [2.45, 2.75) is 24.8 Å². The van der Waals surface area contributed by atoms with E-state index in [2.05, 4.69) is 28.3 Å². The Kier molecular flexibility index (Phi) is 5.42. The minimum Gasteiger partial charge on any atom is -0.369 e. The van der Waals surface area contributed by atoms with Crippen molar-refractivity contribution in [2.75, 3.05) is 36.5 Å². The van der Waals surface area contributed by atoms with E-state index in [4.69, 9.17) is 5.73 Å². The molecule has 0 unspecified atom stereocenters. The van der Waals surface area contributed by atoms with Crippen molar-refractivity contribution in [2.24, 2.45) is 5.73 Å². The molecule has 1 aromatic carbocycles. The summed E-state index contributed by atoms with van der Waals surface area (Å²) < 4.78 is 23.4. The van der Waals surface area contributed by atoms with E-state index in [1.165, 1.54) is 0 Å². The van der Waals surface area contributed by atoms with Crippen LogP contribution in [0.5, 0.6) is 0 Å². The number of amides is 1. The van der Waals surface area contributed by atoms with Crippen molar-refractivity contribution in [1.29, 1.82) is 0 Å². The van der Waals surface area contributed by atoms with E-state index in [0.29, 0.717) is 24.4 Å². The fourth-order valence-electron chi connectivity index (χ4n) is 3.90. The molecule has 3 heterocycles. The number of benzene rings is 1. The number of aromatic nitrogens is 1. The van der Waals surface area contributed by atoms with Crippen molar-refractivity contribution in [3.8, 4) is 0 Å². The number of rotatable bonds is 4. The van der Waals surface area contributed by atoms with Gasteiger partial charge in [-0.3, -0.25) is 4.79 Å². The largest absolute Gasteiger partial charge is 0.369 e. The van der Waals surface area contributed by atoms with E-state index in [-0.39, 0.29) is 29.8 Å². The highest BCUT2D eigenvalue weighted by atomic mass is 35.5. The predicted octanol–water partition coefficient (Wildman–Crippen LogP) is 1.39. The standard InChI is InChI=1S/C18H24N4O3S.ClH/c1-22(12-9-20-10-12)16-3-2-13(18(19)23)17-14(16)8-15(21-17)11-4-6-26(24,25)7-5-11;/h2-3,8,11-12,20-21H,4-7,9-10H2,1H3,(H2,19,23);1H. The number of primary amides is 1. The highest BCUT2D eigenvalue weighted by molar-refractivity contribution is 7.91. The topological polar surface area (TPSA) is 108 Å². The van der Waals surface area contributed by atoms with Crippen LogP contribution < -0.4 is 16.0 Å². The van der Waals surface area contributed by atoms with Crippen LogP contribution in [0.25, 0.3) is 10.9 Å². The fraction of sp³-hybridized carbons (Fsp3) is 0.500. The lowest BCUT2D eigenvalue weighted by Crippen LogP contribution is -2.56. The zero-order valence-corrected chi connectivity index (χ0v) is 16.8. The van der Waals surface area contributed by atoms with Gasteiger partial charge in [0.15, 0.2) is 0 Å². The first-order chi connectivity index (χ1) is 12.4. The number of likely N-dealkylation sites (N-methyl/N-ethyl adjacent to an activating group) is 1. The maximum Gasteiger partial charge on any atom is 0.250 e. The van der Waals surface area contributed by atoms with Gasteiger partial charge in [-0.1, -0.05) is 0 Å². The molecule has 4 N–H and O–H groups in total. The summed E-state index contributed by atoms with van der Waals surface area (Å²) in [5, 5.41) is 4.25. The molecule has 2 fully saturated rings. The Bertz CT molecular complexity index is 954. The molecular weight excluding hydrogens is 388 g/mol. The predicted molar refractivity (Wildman–Crippen MR) is 110 cm³/mol. The average molecular weight is 413 g/mol. The van der Waals surface area contributed by atoms with Crippen molar-refractivity contribution in [1.82, 2.24) is 10.3 Å². The van der Waals surface area contributed by atoms with Crippen molar-refractivity contribution >= 4 is 44.7 Å². The van der Waals surface area contributed by atoms with E-state index in [1.807, 2.05) is 6.07 Å². The monoisotopic (exact) mass is 412 g/mol. The van der Waals surface area contributed by atoms with Crippen LogP contribution >= 0.6 is 12.4 Å². The molecule has 0 saturated carbocycles. The Morgan fingerprint density at radius 3 is 2.44 bits per heavy atom. The number of carbonyl (C=O) groups is 1. The first kappa shape index (κ1) is 20.0. The lowest BCUT2D eigenvalue weighted by Gasteiger charge is -2.37. The van der Waals surface area contributed by atoms with Crippen molar-refractivity contribution in [3.63, 3.8) is 0 Å². The molecule has 9 heteroatoms. The van der Waals surface area contributed by atoms with Gasteiger partial charge in [0.05, 0.1) is 28.6 Å². The van der Waals surface area contributed by atoms with E-state index < -0.39 is 15.7 Å². The molecular formula is C18H25ClN4O3S. The van der Waals surface area contributed by atoms with Gasteiger partial charge in [0, 0.05) is 42.8 Å². The quantitative estimate of drug-likeness (QED) is 0.703. The van der Waals surface area contributed by atoms with Gasteiger partial charge in [-0.15, -0.1) is 12.4 Å². The summed E-state index contributed by atoms with van der Waals surface area (Å²) in [5.41, 5.74) is 8.83. The minimum absolute atomic E-state index is 0. The lowest BCUT2D eigenvalue weighted by molar-refractivity contribution is 0.100. The lowest BCUT2D eigenvalue weighted by atomic mass is 9.98. The molecule has 0 spiro atoms. The second kappa shape index (κ2) is 7.33. The fourth-order valence-corrected chi connectivity index (χ4v) is 5.39. The van der Waals surface area contributed by atoms with E-state index in [0.717, 1.165) is 35.4 Å². The van der Waals surface area contributed by atoms with Gasteiger partial charge < -0.3 is 20.9 Å². The smallest absolute Gasteiger partial charge is 0.250 e. The Labute approximate surface area is 165 Å². The average Bonchev–Trinajstić information content (AvgIpc) is 2.96. The van der Waals surface area contributed by atoms with Crippen LogP contribution in [0, 0.1) is 0 Å².